The van der Waals surface area contributed by atoms with E-state index in [2.05, 4.69) is 45.6 Å². The van der Waals surface area contributed by atoms with Crippen LogP contribution in [0.1, 0.15) is 26.7 Å². The molecule has 0 unspecified atom stereocenters. The van der Waals surface area contributed by atoms with Gasteiger partial charge in [-0.25, -0.2) is 0 Å². The summed E-state index contributed by atoms with van der Waals surface area (Å²) in [5, 5.41) is 0. The highest BCUT2D eigenvalue weighted by molar-refractivity contribution is 6.74. The molecule has 0 amide bonds. The summed E-state index contributed by atoms with van der Waals surface area (Å²) in [6.07, 6.45) is 2.48. The molecule has 0 fully saturated rings. The first kappa shape index (κ1) is 15.1. The topological polar surface area (TPSA) is 12.5 Å². The zero-order valence-corrected chi connectivity index (χ0v) is 12.7. The zero-order chi connectivity index (χ0) is 12.1. The van der Waals surface area contributed by atoms with E-state index in [1.165, 1.54) is 18.9 Å². The number of methoxy groups -OCH3 is 1. The van der Waals surface area contributed by atoms with Crippen LogP contribution in [0.3, 0.4) is 0 Å². The molecule has 0 aliphatic heterocycles. The van der Waals surface area contributed by atoms with Crippen LogP contribution in [0.4, 0.5) is 0 Å². The predicted octanol–water partition coefficient (Wildman–Crippen LogP) is 3.21. The van der Waals surface area contributed by atoms with Gasteiger partial charge in [-0.3, -0.25) is 0 Å². The predicted molar refractivity (Wildman–Crippen MR) is 70.9 cm³/mol. The Kier molecular flexibility index (Phi) is 6.07. The lowest BCUT2D eigenvalue weighted by molar-refractivity contribution is 0.149. The minimum Gasteiger partial charge on any atom is -0.385 e. The van der Waals surface area contributed by atoms with E-state index < -0.39 is 8.24 Å². The molecule has 0 aromatic rings. The van der Waals surface area contributed by atoms with Gasteiger partial charge < -0.3 is 9.30 Å². The second kappa shape index (κ2) is 6.02. The van der Waals surface area contributed by atoms with Crippen LogP contribution in [-0.2, 0) is 4.74 Å². The minimum absolute atomic E-state index is 0.427. The lowest BCUT2D eigenvalue weighted by Crippen LogP contribution is -2.44. The molecule has 2 nitrogen and oxygen atoms in total. The molecule has 3 heteroatoms. The van der Waals surface area contributed by atoms with Crippen molar-refractivity contribution in [2.75, 3.05) is 27.8 Å². The summed E-state index contributed by atoms with van der Waals surface area (Å²) < 4.78 is 7.60. The van der Waals surface area contributed by atoms with Gasteiger partial charge >= 0.3 is 0 Å². The average molecular weight is 231 g/mol. The quantitative estimate of drug-likeness (QED) is 0.624. The van der Waals surface area contributed by atoms with Gasteiger partial charge in [-0.05, 0) is 38.4 Å². The molecule has 15 heavy (non-hydrogen) atoms. The van der Waals surface area contributed by atoms with E-state index in [1.807, 2.05) is 0 Å². The van der Waals surface area contributed by atoms with Crippen molar-refractivity contribution in [3.63, 3.8) is 0 Å². The van der Waals surface area contributed by atoms with Gasteiger partial charge in [0.05, 0.1) is 0 Å². The molecule has 0 atom stereocenters. The highest BCUT2D eigenvalue weighted by atomic mass is 28.3. The van der Waals surface area contributed by atoms with Crippen molar-refractivity contribution in [3.8, 4) is 0 Å². The van der Waals surface area contributed by atoms with E-state index in [-0.39, 0.29) is 0 Å². The molecule has 92 valence electrons. The first-order valence-corrected chi connectivity index (χ1v) is 9.03. The van der Waals surface area contributed by atoms with E-state index in [1.54, 1.807) is 7.11 Å². The van der Waals surface area contributed by atoms with Gasteiger partial charge in [-0.15, -0.1) is 0 Å². The van der Waals surface area contributed by atoms with Crippen LogP contribution in [0.25, 0.3) is 0 Å². The number of hydrogen-bond acceptors (Lipinski definition) is 2. The summed E-state index contributed by atoms with van der Waals surface area (Å²) in [5.74, 6) is 0. The number of hydrogen-bond donors (Lipinski definition) is 0. The number of rotatable bonds is 7. The molecule has 0 saturated heterocycles. The second-order valence-corrected chi connectivity index (χ2v) is 11.1. The molecule has 0 aliphatic rings. The Bertz CT molecular complexity index is 178. The van der Waals surface area contributed by atoms with E-state index in [0.717, 1.165) is 6.61 Å². The largest absolute Gasteiger partial charge is 0.385 e. The lowest BCUT2D eigenvalue weighted by Gasteiger charge is -2.34. The fourth-order valence-electron chi connectivity index (χ4n) is 1.37. The molecule has 0 saturated carbocycles. The normalized spacial score (nSPS) is 13.6. The Morgan fingerprint density at radius 3 is 2.07 bits per heavy atom. The minimum atomic E-state index is -1.14. The summed E-state index contributed by atoms with van der Waals surface area (Å²) in [6.45, 7) is 10.5. The number of nitrogens with zero attached hydrogens (tertiary/aromatic N) is 1. The van der Waals surface area contributed by atoms with E-state index in [0.29, 0.717) is 5.41 Å². The van der Waals surface area contributed by atoms with Crippen molar-refractivity contribution in [1.29, 1.82) is 0 Å². The molecule has 0 aliphatic carbocycles. The van der Waals surface area contributed by atoms with Gasteiger partial charge in [0, 0.05) is 13.7 Å². The van der Waals surface area contributed by atoms with Crippen molar-refractivity contribution >= 4 is 8.24 Å². The van der Waals surface area contributed by atoms with Crippen LogP contribution >= 0.6 is 0 Å². The Labute approximate surface area is 97.1 Å². The van der Waals surface area contributed by atoms with Gasteiger partial charge in [0.25, 0.3) is 0 Å². The van der Waals surface area contributed by atoms with Crippen molar-refractivity contribution in [2.24, 2.45) is 5.41 Å². The number of ether oxygens (including phenoxy) is 1. The third-order valence-electron chi connectivity index (χ3n) is 3.61. The molecule has 0 aromatic carbocycles. The Morgan fingerprint density at radius 1 is 1.13 bits per heavy atom. The van der Waals surface area contributed by atoms with Crippen molar-refractivity contribution in [1.82, 2.24) is 4.57 Å². The molecule has 0 spiro atoms. The van der Waals surface area contributed by atoms with Gasteiger partial charge in [0.2, 0.25) is 0 Å². The molecular formula is C12H29NOSi. The summed E-state index contributed by atoms with van der Waals surface area (Å²) in [5.41, 5.74) is 0.427. The molecule has 0 aromatic heterocycles. The van der Waals surface area contributed by atoms with Gasteiger partial charge in [-0.1, -0.05) is 26.9 Å². The highest BCUT2D eigenvalue weighted by Crippen LogP contribution is 2.30. The Hall–Kier alpha value is 0.137. The van der Waals surface area contributed by atoms with Crippen molar-refractivity contribution in [3.05, 3.63) is 0 Å². The standard InChI is InChI=1S/C12H29NOSi/c1-12(2,8-10-14-5)9-11-15(6,7)13(3)4/h8-11H2,1-7H3. The van der Waals surface area contributed by atoms with E-state index in [4.69, 9.17) is 4.74 Å². The molecule has 0 N–H and O–H groups in total. The first-order chi connectivity index (χ1) is 6.71. The molecule has 0 bridgehead atoms. The van der Waals surface area contributed by atoms with Crippen LogP contribution in [0, 0.1) is 5.41 Å². The highest BCUT2D eigenvalue weighted by Gasteiger charge is 2.27. The monoisotopic (exact) mass is 231 g/mol. The maximum atomic E-state index is 5.16. The third-order valence-corrected chi connectivity index (χ3v) is 7.50. The Morgan fingerprint density at radius 2 is 1.67 bits per heavy atom. The second-order valence-electron chi connectivity index (χ2n) is 6.11. The molecule has 0 heterocycles. The Balaban J connectivity index is 4.02. The smallest absolute Gasteiger partial charge is 0.121 e. The van der Waals surface area contributed by atoms with Crippen LogP contribution in [0.2, 0.25) is 19.1 Å². The maximum absolute atomic E-state index is 5.16. The van der Waals surface area contributed by atoms with Crippen molar-refractivity contribution < 1.29 is 4.74 Å². The lowest BCUT2D eigenvalue weighted by atomic mass is 9.87. The molecular weight excluding hydrogens is 202 g/mol. The fraction of sp³-hybridized carbons (Fsp3) is 1.00. The fourth-order valence-corrected chi connectivity index (χ4v) is 3.11. The zero-order valence-electron chi connectivity index (χ0n) is 11.7. The van der Waals surface area contributed by atoms with Crippen LogP contribution in [0.15, 0.2) is 0 Å². The maximum Gasteiger partial charge on any atom is 0.121 e. The van der Waals surface area contributed by atoms with E-state index >= 15 is 0 Å². The van der Waals surface area contributed by atoms with Crippen LogP contribution < -0.4 is 0 Å². The summed E-state index contributed by atoms with van der Waals surface area (Å²) >= 11 is 0. The molecule has 0 radical (unpaired) electrons. The van der Waals surface area contributed by atoms with Gasteiger partial charge in [0.15, 0.2) is 0 Å². The molecule has 0 rings (SSSR count). The summed E-state index contributed by atoms with van der Waals surface area (Å²) in [4.78, 5) is 0. The summed E-state index contributed by atoms with van der Waals surface area (Å²) in [6, 6.07) is 1.37. The van der Waals surface area contributed by atoms with Crippen LogP contribution in [-0.4, -0.2) is 40.6 Å². The van der Waals surface area contributed by atoms with Crippen LogP contribution in [0.5, 0.6) is 0 Å². The average Bonchev–Trinajstić information content (AvgIpc) is 2.12. The first-order valence-electron chi connectivity index (χ1n) is 5.88. The van der Waals surface area contributed by atoms with Crippen molar-refractivity contribution in [2.45, 2.75) is 45.8 Å². The van der Waals surface area contributed by atoms with E-state index in [9.17, 15) is 0 Å². The van der Waals surface area contributed by atoms with Gasteiger partial charge in [0.1, 0.15) is 8.24 Å². The SMILES string of the molecule is COCCC(C)(C)CC[Si](C)(C)N(C)C. The third kappa shape index (κ3) is 6.33. The summed E-state index contributed by atoms with van der Waals surface area (Å²) in [7, 11) is 5.08. The van der Waals surface area contributed by atoms with Gasteiger partial charge in [-0.2, -0.15) is 0 Å².